The number of amides is 1. The molecule has 0 spiro atoms. The third-order valence-electron chi connectivity index (χ3n) is 4.14. The van der Waals surface area contributed by atoms with E-state index in [-0.39, 0.29) is 30.2 Å². The van der Waals surface area contributed by atoms with E-state index in [1.54, 1.807) is 4.68 Å². The number of aryl methyl sites for hydroxylation is 1. The number of anilines is 1. The van der Waals surface area contributed by atoms with Gasteiger partial charge in [-0.25, -0.2) is 4.68 Å². The first-order valence-electron chi connectivity index (χ1n) is 7.51. The van der Waals surface area contributed by atoms with Crippen molar-refractivity contribution in [1.82, 2.24) is 24.5 Å². The SMILES string of the molecule is Cc1cc(C(F)(F)F)nn1CC(=O)N1c2ncnn2[C@@H](C)C[C@H]1C. The molecule has 0 saturated carbocycles. The van der Waals surface area contributed by atoms with Gasteiger partial charge in [-0.1, -0.05) is 0 Å². The Kier molecular flexibility index (Phi) is 3.84. The number of aromatic nitrogens is 5. The van der Waals surface area contributed by atoms with Crippen molar-refractivity contribution in [1.29, 1.82) is 0 Å². The van der Waals surface area contributed by atoms with E-state index in [4.69, 9.17) is 0 Å². The Bertz CT molecular complexity index is 765. The number of nitrogens with zero attached hydrogens (tertiary/aromatic N) is 6. The summed E-state index contributed by atoms with van der Waals surface area (Å²) in [5.74, 6) is 0.0377. The third-order valence-corrected chi connectivity index (χ3v) is 4.14. The highest BCUT2D eigenvalue weighted by Gasteiger charge is 2.36. The van der Waals surface area contributed by atoms with Crippen LogP contribution < -0.4 is 4.90 Å². The molecule has 130 valence electrons. The van der Waals surface area contributed by atoms with Crippen LogP contribution in [0.2, 0.25) is 0 Å². The normalized spacial score (nSPS) is 21.0. The molecule has 0 N–H and O–H groups in total. The minimum absolute atomic E-state index is 0.102. The van der Waals surface area contributed by atoms with E-state index in [1.807, 2.05) is 13.8 Å². The van der Waals surface area contributed by atoms with Gasteiger partial charge in [-0.3, -0.25) is 14.4 Å². The monoisotopic (exact) mass is 342 g/mol. The molecule has 7 nitrogen and oxygen atoms in total. The Labute approximate surface area is 136 Å². The molecular formula is C14H17F3N6O. The lowest BCUT2D eigenvalue weighted by Crippen LogP contribution is -2.46. The zero-order valence-electron chi connectivity index (χ0n) is 13.4. The van der Waals surface area contributed by atoms with Gasteiger partial charge in [-0.15, -0.1) is 0 Å². The summed E-state index contributed by atoms with van der Waals surface area (Å²) in [4.78, 5) is 18.2. The smallest absolute Gasteiger partial charge is 0.276 e. The van der Waals surface area contributed by atoms with Crippen molar-refractivity contribution < 1.29 is 18.0 Å². The number of carbonyl (C=O) groups excluding carboxylic acids is 1. The molecule has 0 unspecified atom stereocenters. The van der Waals surface area contributed by atoms with Crippen LogP contribution in [0.4, 0.5) is 19.1 Å². The van der Waals surface area contributed by atoms with Crippen LogP contribution in [-0.2, 0) is 17.5 Å². The summed E-state index contributed by atoms with van der Waals surface area (Å²) < 4.78 is 40.9. The van der Waals surface area contributed by atoms with E-state index < -0.39 is 11.9 Å². The van der Waals surface area contributed by atoms with Gasteiger partial charge in [-0.2, -0.15) is 28.4 Å². The van der Waals surface area contributed by atoms with Gasteiger partial charge in [0, 0.05) is 11.7 Å². The Balaban J connectivity index is 1.86. The maximum absolute atomic E-state index is 12.7. The lowest BCUT2D eigenvalue weighted by Gasteiger charge is -2.35. The summed E-state index contributed by atoms with van der Waals surface area (Å²) in [6.07, 6.45) is -2.48. The first-order chi connectivity index (χ1) is 11.2. The highest BCUT2D eigenvalue weighted by molar-refractivity contribution is 5.92. The quantitative estimate of drug-likeness (QED) is 0.839. The molecule has 0 aromatic carbocycles. The molecule has 2 aromatic rings. The van der Waals surface area contributed by atoms with Gasteiger partial charge in [-0.05, 0) is 33.3 Å². The van der Waals surface area contributed by atoms with Crippen molar-refractivity contribution >= 4 is 11.9 Å². The summed E-state index contributed by atoms with van der Waals surface area (Å²) >= 11 is 0. The van der Waals surface area contributed by atoms with Gasteiger partial charge in [0.05, 0.1) is 6.04 Å². The lowest BCUT2D eigenvalue weighted by atomic mass is 10.1. The largest absolute Gasteiger partial charge is 0.435 e. The molecule has 2 atom stereocenters. The topological polar surface area (TPSA) is 68.8 Å². The molecule has 2 aromatic heterocycles. The predicted molar refractivity (Wildman–Crippen MR) is 78.3 cm³/mol. The average Bonchev–Trinajstić information content (AvgIpc) is 3.06. The van der Waals surface area contributed by atoms with Gasteiger partial charge >= 0.3 is 6.18 Å². The number of carbonyl (C=O) groups is 1. The zero-order valence-corrected chi connectivity index (χ0v) is 13.4. The summed E-state index contributed by atoms with van der Waals surface area (Å²) in [6.45, 7) is 5.06. The molecule has 10 heteroatoms. The van der Waals surface area contributed by atoms with E-state index in [0.717, 1.165) is 10.7 Å². The Morgan fingerprint density at radius 1 is 1.33 bits per heavy atom. The fourth-order valence-electron chi connectivity index (χ4n) is 2.99. The fraction of sp³-hybridized carbons (Fsp3) is 0.571. The number of rotatable bonds is 2. The molecule has 0 fully saturated rings. The van der Waals surface area contributed by atoms with Crippen LogP contribution in [0.25, 0.3) is 0 Å². The number of hydrogen-bond acceptors (Lipinski definition) is 4. The minimum atomic E-state index is -4.53. The molecule has 3 heterocycles. The van der Waals surface area contributed by atoms with Gasteiger partial charge in [0.2, 0.25) is 5.95 Å². The first kappa shape index (κ1) is 16.5. The van der Waals surface area contributed by atoms with Gasteiger partial charge in [0.25, 0.3) is 5.91 Å². The van der Waals surface area contributed by atoms with Crippen LogP contribution in [0.1, 0.15) is 37.7 Å². The molecule has 1 aliphatic rings. The van der Waals surface area contributed by atoms with Gasteiger partial charge in [0.1, 0.15) is 12.9 Å². The maximum atomic E-state index is 12.7. The molecule has 24 heavy (non-hydrogen) atoms. The molecule has 1 aliphatic heterocycles. The molecule has 0 bridgehead atoms. The number of halogens is 3. The van der Waals surface area contributed by atoms with E-state index in [1.165, 1.54) is 18.2 Å². The Morgan fingerprint density at radius 2 is 2.04 bits per heavy atom. The van der Waals surface area contributed by atoms with Crippen molar-refractivity contribution in [2.75, 3.05) is 4.90 Å². The minimum Gasteiger partial charge on any atom is -0.276 e. The van der Waals surface area contributed by atoms with Crippen molar-refractivity contribution in [2.24, 2.45) is 0 Å². The third kappa shape index (κ3) is 2.76. The number of hydrogen-bond donors (Lipinski definition) is 0. The first-order valence-corrected chi connectivity index (χ1v) is 7.51. The highest BCUT2D eigenvalue weighted by atomic mass is 19.4. The predicted octanol–water partition coefficient (Wildman–Crippen LogP) is 2.19. The van der Waals surface area contributed by atoms with Crippen LogP contribution in [-0.4, -0.2) is 36.5 Å². The Morgan fingerprint density at radius 3 is 2.67 bits per heavy atom. The molecule has 1 amide bonds. The molecule has 0 aliphatic carbocycles. The summed E-state index contributed by atoms with van der Waals surface area (Å²) in [7, 11) is 0. The van der Waals surface area contributed by atoms with Crippen LogP contribution in [0.5, 0.6) is 0 Å². The summed E-state index contributed by atoms with van der Waals surface area (Å²) in [6, 6.07) is 0.907. The average molecular weight is 342 g/mol. The second-order valence-corrected chi connectivity index (χ2v) is 6.03. The van der Waals surface area contributed by atoms with Crippen LogP contribution >= 0.6 is 0 Å². The van der Waals surface area contributed by atoms with Gasteiger partial charge in [0.15, 0.2) is 5.69 Å². The fourth-order valence-corrected chi connectivity index (χ4v) is 2.99. The summed E-state index contributed by atoms with van der Waals surface area (Å²) in [5, 5.41) is 7.61. The Hall–Kier alpha value is -2.39. The molecular weight excluding hydrogens is 325 g/mol. The maximum Gasteiger partial charge on any atom is 0.435 e. The molecule has 0 saturated heterocycles. The highest BCUT2D eigenvalue weighted by Crippen LogP contribution is 2.31. The second kappa shape index (κ2) is 5.60. The van der Waals surface area contributed by atoms with E-state index >= 15 is 0 Å². The van der Waals surface area contributed by atoms with Crippen molar-refractivity contribution in [3.8, 4) is 0 Å². The van der Waals surface area contributed by atoms with Crippen LogP contribution in [0.15, 0.2) is 12.4 Å². The zero-order chi connectivity index (χ0) is 17.6. The lowest BCUT2D eigenvalue weighted by molar-refractivity contribution is -0.141. The standard InChI is InChI=1S/C14H17F3N6O/c1-8-5-11(14(15,16)17)20-21(8)6-12(24)22-9(2)4-10(3)23-13(22)18-7-19-23/h5,7,9-10H,4,6H2,1-3H3/t9-,10+/m1/s1. The van der Waals surface area contributed by atoms with Crippen LogP contribution in [0.3, 0.4) is 0 Å². The second-order valence-electron chi connectivity index (χ2n) is 6.03. The van der Waals surface area contributed by atoms with Crippen LogP contribution in [0, 0.1) is 6.92 Å². The number of alkyl halides is 3. The van der Waals surface area contributed by atoms with Crippen molar-refractivity contribution in [3.05, 3.63) is 23.8 Å². The number of fused-ring (bicyclic) bond motifs is 1. The van der Waals surface area contributed by atoms with Crippen molar-refractivity contribution in [2.45, 2.75) is 52.0 Å². The summed E-state index contributed by atoms with van der Waals surface area (Å²) in [5.41, 5.74) is -0.730. The van der Waals surface area contributed by atoms with E-state index in [0.29, 0.717) is 12.4 Å². The molecule has 0 radical (unpaired) electrons. The van der Waals surface area contributed by atoms with Gasteiger partial charge < -0.3 is 0 Å². The van der Waals surface area contributed by atoms with E-state index in [9.17, 15) is 18.0 Å². The van der Waals surface area contributed by atoms with Crippen molar-refractivity contribution in [3.63, 3.8) is 0 Å². The molecule has 3 rings (SSSR count). The van der Waals surface area contributed by atoms with E-state index in [2.05, 4.69) is 15.2 Å².